The van der Waals surface area contributed by atoms with E-state index in [9.17, 15) is 14.4 Å². The minimum atomic E-state index is -0.629. The Labute approximate surface area is 211 Å². The third kappa shape index (κ3) is 4.89. The van der Waals surface area contributed by atoms with E-state index in [1.807, 2.05) is 42.5 Å². The van der Waals surface area contributed by atoms with Crippen molar-refractivity contribution in [3.8, 4) is 5.75 Å². The van der Waals surface area contributed by atoms with Gasteiger partial charge in [-0.2, -0.15) is 0 Å². The molecule has 1 aliphatic heterocycles. The molecule has 180 valence electrons. The van der Waals surface area contributed by atoms with Crippen molar-refractivity contribution in [1.82, 2.24) is 4.90 Å². The Kier molecular flexibility index (Phi) is 6.60. The summed E-state index contributed by atoms with van der Waals surface area (Å²) in [4.78, 5) is 38.5. The maximum atomic E-state index is 13.0. The van der Waals surface area contributed by atoms with Crippen molar-refractivity contribution in [2.45, 2.75) is 13.2 Å². The lowest BCUT2D eigenvalue weighted by atomic mass is 10.1. The Morgan fingerprint density at radius 1 is 0.972 bits per heavy atom. The first-order valence-electron chi connectivity index (χ1n) is 11.1. The molecule has 0 unspecified atom stereocenters. The predicted octanol–water partition coefficient (Wildman–Crippen LogP) is 6.03. The smallest absolute Gasteiger partial charge is 0.373 e. The van der Waals surface area contributed by atoms with Crippen molar-refractivity contribution in [2.75, 3.05) is 7.11 Å². The number of fused-ring (bicyclic) bond motifs is 1. The first kappa shape index (κ1) is 23.4. The van der Waals surface area contributed by atoms with Crippen LogP contribution in [0.3, 0.4) is 0 Å². The van der Waals surface area contributed by atoms with E-state index >= 15 is 0 Å². The monoisotopic (exact) mass is 499 g/mol. The van der Waals surface area contributed by atoms with Crippen molar-refractivity contribution >= 4 is 45.7 Å². The van der Waals surface area contributed by atoms with Gasteiger partial charge in [0, 0.05) is 5.56 Å². The Hall–Kier alpha value is -4.30. The number of methoxy groups -OCH3 is 1. The van der Waals surface area contributed by atoms with Gasteiger partial charge in [-0.05, 0) is 58.4 Å². The molecule has 7 nitrogen and oxygen atoms in total. The molecule has 1 aromatic heterocycles. The summed E-state index contributed by atoms with van der Waals surface area (Å²) in [6, 6.07) is 24.6. The van der Waals surface area contributed by atoms with E-state index in [0.717, 1.165) is 33.0 Å². The molecule has 1 fully saturated rings. The standard InChI is InChI=1S/C28H21NO6S/c1-33-27(31)24-13-12-22(35-24)16-29-26(30)25(36-28(29)32)15-21-8-4-5-9-23(21)34-17-18-10-11-19-6-2-3-7-20(19)14-18/h2-15H,16-17H2,1H3. The van der Waals surface area contributed by atoms with Crippen LogP contribution >= 0.6 is 11.8 Å². The topological polar surface area (TPSA) is 86.0 Å². The molecular weight excluding hydrogens is 478 g/mol. The predicted molar refractivity (Wildman–Crippen MR) is 136 cm³/mol. The molecule has 0 spiro atoms. The number of benzene rings is 3. The number of thioether (sulfide) groups is 1. The number of esters is 1. The van der Waals surface area contributed by atoms with Gasteiger partial charge in [0.15, 0.2) is 0 Å². The molecule has 0 bridgehead atoms. The Balaban J connectivity index is 1.31. The van der Waals surface area contributed by atoms with E-state index in [0.29, 0.717) is 23.7 Å². The summed E-state index contributed by atoms with van der Waals surface area (Å²) in [7, 11) is 1.25. The van der Waals surface area contributed by atoms with Gasteiger partial charge in [-0.25, -0.2) is 4.79 Å². The van der Waals surface area contributed by atoms with Crippen LogP contribution in [0.25, 0.3) is 16.8 Å². The SMILES string of the molecule is COC(=O)c1ccc(CN2C(=O)SC(=Cc3ccccc3OCc3ccc4ccccc4c3)C2=O)o1. The number of para-hydroxylation sites is 1. The van der Waals surface area contributed by atoms with E-state index in [1.165, 1.54) is 19.2 Å². The molecule has 36 heavy (non-hydrogen) atoms. The first-order valence-corrected chi connectivity index (χ1v) is 12.0. The van der Waals surface area contributed by atoms with E-state index in [-0.39, 0.29) is 17.2 Å². The first-order chi connectivity index (χ1) is 17.5. The molecule has 4 aromatic rings. The zero-order chi connectivity index (χ0) is 25.1. The molecular formula is C28H21NO6S. The summed E-state index contributed by atoms with van der Waals surface area (Å²) < 4.78 is 16.1. The zero-order valence-electron chi connectivity index (χ0n) is 19.3. The molecule has 0 N–H and O–H groups in total. The van der Waals surface area contributed by atoms with Crippen LogP contribution in [-0.2, 0) is 22.7 Å². The van der Waals surface area contributed by atoms with Crippen molar-refractivity contribution in [3.05, 3.63) is 106 Å². The molecule has 2 heterocycles. The minimum Gasteiger partial charge on any atom is -0.488 e. The van der Waals surface area contributed by atoms with Gasteiger partial charge in [-0.15, -0.1) is 0 Å². The van der Waals surface area contributed by atoms with Crippen LogP contribution in [0.15, 0.2) is 88.2 Å². The molecule has 1 saturated heterocycles. The molecule has 0 atom stereocenters. The van der Waals surface area contributed by atoms with Gasteiger partial charge in [0.05, 0.1) is 18.6 Å². The van der Waals surface area contributed by atoms with E-state index in [1.54, 1.807) is 6.08 Å². The van der Waals surface area contributed by atoms with Gasteiger partial charge in [0.1, 0.15) is 18.1 Å². The van der Waals surface area contributed by atoms with E-state index in [4.69, 9.17) is 9.15 Å². The number of carbonyl (C=O) groups is 3. The molecule has 0 saturated carbocycles. The number of ether oxygens (including phenoxy) is 2. The number of imide groups is 1. The number of rotatable bonds is 7. The van der Waals surface area contributed by atoms with Gasteiger partial charge >= 0.3 is 5.97 Å². The fourth-order valence-electron chi connectivity index (χ4n) is 3.83. The van der Waals surface area contributed by atoms with Gasteiger partial charge in [-0.3, -0.25) is 14.5 Å². The highest BCUT2D eigenvalue weighted by Crippen LogP contribution is 2.35. The van der Waals surface area contributed by atoms with Crippen molar-refractivity contribution in [1.29, 1.82) is 0 Å². The fourth-order valence-corrected chi connectivity index (χ4v) is 4.66. The Morgan fingerprint density at radius 2 is 1.75 bits per heavy atom. The summed E-state index contributed by atoms with van der Waals surface area (Å²) in [5, 5.41) is 1.88. The quantitative estimate of drug-likeness (QED) is 0.226. The van der Waals surface area contributed by atoms with Gasteiger partial charge in [-0.1, -0.05) is 54.6 Å². The highest BCUT2D eigenvalue weighted by molar-refractivity contribution is 8.18. The molecule has 1 aliphatic rings. The van der Waals surface area contributed by atoms with Crippen LogP contribution in [0.4, 0.5) is 4.79 Å². The third-order valence-corrected chi connectivity index (χ3v) is 6.56. The molecule has 3 aromatic carbocycles. The lowest BCUT2D eigenvalue weighted by Gasteiger charge is -2.11. The van der Waals surface area contributed by atoms with E-state index < -0.39 is 17.1 Å². The Morgan fingerprint density at radius 3 is 2.58 bits per heavy atom. The van der Waals surface area contributed by atoms with Crippen LogP contribution in [-0.4, -0.2) is 29.1 Å². The van der Waals surface area contributed by atoms with Crippen LogP contribution in [0.1, 0.15) is 27.4 Å². The second kappa shape index (κ2) is 10.1. The van der Waals surface area contributed by atoms with E-state index in [2.05, 4.69) is 29.0 Å². The van der Waals surface area contributed by atoms with Gasteiger partial charge in [0.25, 0.3) is 11.1 Å². The summed E-state index contributed by atoms with van der Waals surface area (Å²) >= 11 is 0.848. The highest BCUT2D eigenvalue weighted by Gasteiger charge is 2.36. The molecule has 8 heteroatoms. The van der Waals surface area contributed by atoms with Crippen LogP contribution in [0.5, 0.6) is 5.75 Å². The second-order valence-corrected chi connectivity index (χ2v) is 9.03. The van der Waals surface area contributed by atoms with Crippen LogP contribution < -0.4 is 4.74 Å². The lowest BCUT2D eigenvalue weighted by molar-refractivity contribution is -0.123. The minimum absolute atomic E-state index is 0.00695. The summed E-state index contributed by atoms with van der Waals surface area (Å²) in [6.07, 6.45) is 1.66. The second-order valence-electron chi connectivity index (χ2n) is 8.03. The summed E-state index contributed by atoms with van der Waals surface area (Å²) in [5.41, 5.74) is 1.71. The number of nitrogens with zero attached hydrogens (tertiary/aromatic N) is 1. The number of hydrogen-bond donors (Lipinski definition) is 0. The lowest BCUT2D eigenvalue weighted by Crippen LogP contribution is -2.27. The van der Waals surface area contributed by atoms with Crippen LogP contribution in [0, 0.1) is 0 Å². The zero-order valence-corrected chi connectivity index (χ0v) is 20.1. The average Bonchev–Trinajstić information content (AvgIpc) is 3.48. The normalized spacial score (nSPS) is 14.6. The third-order valence-electron chi connectivity index (χ3n) is 5.65. The maximum absolute atomic E-state index is 13.0. The molecule has 0 radical (unpaired) electrons. The van der Waals surface area contributed by atoms with Crippen LogP contribution in [0.2, 0.25) is 0 Å². The van der Waals surface area contributed by atoms with Crippen molar-refractivity contribution in [3.63, 3.8) is 0 Å². The fraction of sp³-hybridized carbons (Fsp3) is 0.107. The average molecular weight is 500 g/mol. The highest BCUT2D eigenvalue weighted by atomic mass is 32.2. The largest absolute Gasteiger partial charge is 0.488 e. The maximum Gasteiger partial charge on any atom is 0.373 e. The summed E-state index contributed by atoms with van der Waals surface area (Å²) in [6.45, 7) is 0.275. The molecule has 5 rings (SSSR count). The van der Waals surface area contributed by atoms with Crippen molar-refractivity contribution < 1.29 is 28.3 Å². The number of carbonyl (C=O) groups excluding carboxylic acids is 3. The van der Waals surface area contributed by atoms with Gasteiger partial charge in [0.2, 0.25) is 5.76 Å². The summed E-state index contributed by atoms with van der Waals surface area (Å²) in [5.74, 6) is -0.155. The Bertz CT molecular complexity index is 1500. The number of furan rings is 1. The van der Waals surface area contributed by atoms with Crippen molar-refractivity contribution in [2.24, 2.45) is 0 Å². The molecule has 0 aliphatic carbocycles. The number of hydrogen-bond acceptors (Lipinski definition) is 7. The molecule has 2 amide bonds. The van der Waals surface area contributed by atoms with Gasteiger partial charge < -0.3 is 13.9 Å². The number of amides is 2.